The van der Waals surface area contributed by atoms with Crippen LogP contribution in [0.4, 0.5) is 10.1 Å². The fourth-order valence-electron chi connectivity index (χ4n) is 1.49. The second kappa shape index (κ2) is 5.52. The van der Waals surface area contributed by atoms with Crippen LogP contribution in [0.25, 0.3) is 0 Å². The Labute approximate surface area is 113 Å². The SMILES string of the molecule is Fc1cccc(Cl)c1CNc1ccccc1Br. The van der Waals surface area contributed by atoms with Crippen molar-refractivity contribution in [2.45, 2.75) is 6.54 Å². The highest BCUT2D eigenvalue weighted by molar-refractivity contribution is 9.10. The highest BCUT2D eigenvalue weighted by Crippen LogP contribution is 2.24. The molecule has 0 unspecified atom stereocenters. The lowest BCUT2D eigenvalue weighted by Crippen LogP contribution is -2.03. The number of rotatable bonds is 3. The monoisotopic (exact) mass is 313 g/mol. The third-order valence-electron chi connectivity index (χ3n) is 2.39. The summed E-state index contributed by atoms with van der Waals surface area (Å²) >= 11 is 9.36. The molecule has 0 aliphatic rings. The van der Waals surface area contributed by atoms with Gasteiger partial charge in [0.1, 0.15) is 5.82 Å². The van der Waals surface area contributed by atoms with Gasteiger partial charge >= 0.3 is 0 Å². The van der Waals surface area contributed by atoms with Crippen LogP contribution in [0.3, 0.4) is 0 Å². The maximum Gasteiger partial charge on any atom is 0.129 e. The third kappa shape index (κ3) is 2.99. The van der Waals surface area contributed by atoms with Crippen LogP contribution >= 0.6 is 27.5 Å². The zero-order valence-electron chi connectivity index (χ0n) is 8.88. The van der Waals surface area contributed by atoms with E-state index in [1.54, 1.807) is 12.1 Å². The lowest BCUT2D eigenvalue weighted by molar-refractivity contribution is 0.613. The van der Waals surface area contributed by atoms with Crippen molar-refractivity contribution in [3.63, 3.8) is 0 Å². The van der Waals surface area contributed by atoms with Crippen LogP contribution < -0.4 is 5.32 Å². The van der Waals surface area contributed by atoms with Crippen molar-refractivity contribution < 1.29 is 4.39 Å². The van der Waals surface area contributed by atoms with Crippen LogP contribution in [0.2, 0.25) is 5.02 Å². The van der Waals surface area contributed by atoms with Gasteiger partial charge in [0.05, 0.1) is 0 Å². The van der Waals surface area contributed by atoms with Crippen LogP contribution in [0.15, 0.2) is 46.9 Å². The molecule has 0 amide bonds. The average molecular weight is 315 g/mol. The Morgan fingerprint density at radius 1 is 1.12 bits per heavy atom. The topological polar surface area (TPSA) is 12.0 Å². The summed E-state index contributed by atoms with van der Waals surface area (Å²) in [5.41, 5.74) is 1.39. The van der Waals surface area contributed by atoms with E-state index < -0.39 is 0 Å². The smallest absolute Gasteiger partial charge is 0.129 e. The summed E-state index contributed by atoms with van der Waals surface area (Å²) < 4.78 is 14.5. The molecule has 0 spiro atoms. The van der Waals surface area contributed by atoms with Crippen molar-refractivity contribution in [3.8, 4) is 0 Å². The Hall–Kier alpha value is -1.06. The summed E-state index contributed by atoms with van der Waals surface area (Å²) in [5.74, 6) is -0.294. The van der Waals surface area contributed by atoms with Crippen LogP contribution in [0.1, 0.15) is 5.56 Å². The lowest BCUT2D eigenvalue weighted by Gasteiger charge is -2.10. The molecule has 0 atom stereocenters. The molecule has 0 bridgehead atoms. The predicted octanol–water partition coefficient (Wildman–Crippen LogP) is 4.85. The van der Waals surface area contributed by atoms with E-state index in [4.69, 9.17) is 11.6 Å². The van der Waals surface area contributed by atoms with Crippen molar-refractivity contribution in [1.29, 1.82) is 0 Å². The first kappa shape index (κ1) is 12.4. The maximum atomic E-state index is 13.5. The molecule has 2 rings (SSSR count). The molecule has 1 N–H and O–H groups in total. The number of hydrogen-bond donors (Lipinski definition) is 1. The first-order chi connectivity index (χ1) is 8.18. The molecule has 2 aromatic carbocycles. The third-order valence-corrected chi connectivity index (χ3v) is 3.44. The quantitative estimate of drug-likeness (QED) is 0.853. The highest BCUT2D eigenvalue weighted by atomic mass is 79.9. The van der Waals surface area contributed by atoms with Gasteiger partial charge in [0.15, 0.2) is 0 Å². The molecule has 0 aliphatic heterocycles. The molecule has 88 valence electrons. The molecular formula is C13H10BrClFN. The summed E-state index contributed by atoms with van der Waals surface area (Å²) in [7, 11) is 0. The normalized spacial score (nSPS) is 10.3. The van der Waals surface area contributed by atoms with Crippen molar-refractivity contribution in [2.24, 2.45) is 0 Å². The number of para-hydroxylation sites is 1. The van der Waals surface area contributed by atoms with E-state index in [1.807, 2.05) is 24.3 Å². The van der Waals surface area contributed by atoms with E-state index in [2.05, 4.69) is 21.2 Å². The minimum Gasteiger partial charge on any atom is -0.380 e. The van der Waals surface area contributed by atoms with Crippen LogP contribution in [0, 0.1) is 5.82 Å². The standard InChI is InChI=1S/C13H10BrClFN/c14-10-4-1-2-7-13(10)17-8-9-11(15)5-3-6-12(9)16/h1-7,17H,8H2. The van der Waals surface area contributed by atoms with Gasteiger partial charge < -0.3 is 5.32 Å². The van der Waals surface area contributed by atoms with E-state index in [-0.39, 0.29) is 5.82 Å². The van der Waals surface area contributed by atoms with Gasteiger partial charge in [0.25, 0.3) is 0 Å². The first-order valence-corrected chi connectivity index (χ1v) is 6.27. The average Bonchev–Trinajstić information content (AvgIpc) is 2.30. The van der Waals surface area contributed by atoms with Gasteiger partial charge in [-0.15, -0.1) is 0 Å². The Morgan fingerprint density at radius 2 is 1.88 bits per heavy atom. The minimum absolute atomic E-state index is 0.294. The highest BCUT2D eigenvalue weighted by Gasteiger charge is 2.07. The fraction of sp³-hybridized carbons (Fsp3) is 0.0769. The Bertz CT molecular complexity index is 510. The lowest BCUT2D eigenvalue weighted by atomic mass is 10.2. The van der Waals surface area contributed by atoms with E-state index in [0.29, 0.717) is 17.1 Å². The largest absolute Gasteiger partial charge is 0.380 e. The fourth-order valence-corrected chi connectivity index (χ4v) is 2.14. The summed E-state index contributed by atoms with van der Waals surface area (Å²) in [6.45, 7) is 0.355. The predicted molar refractivity (Wildman–Crippen MR) is 72.9 cm³/mol. The van der Waals surface area contributed by atoms with E-state index >= 15 is 0 Å². The molecule has 0 aromatic heterocycles. The minimum atomic E-state index is -0.294. The van der Waals surface area contributed by atoms with Gasteiger partial charge in [0, 0.05) is 27.3 Å². The van der Waals surface area contributed by atoms with Gasteiger partial charge in [-0.05, 0) is 40.2 Å². The van der Waals surface area contributed by atoms with Crippen LogP contribution in [-0.2, 0) is 6.54 Å². The van der Waals surface area contributed by atoms with Crippen molar-refractivity contribution >= 4 is 33.2 Å². The zero-order valence-corrected chi connectivity index (χ0v) is 11.2. The molecule has 0 radical (unpaired) electrons. The van der Waals surface area contributed by atoms with Crippen LogP contribution in [-0.4, -0.2) is 0 Å². The second-order valence-electron chi connectivity index (χ2n) is 3.53. The Morgan fingerprint density at radius 3 is 2.59 bits per heavy atom. The Balaban J connectivity index is 2.16. The first-order valence-electron chi connectivity index (χ1n) is 5.10. The van der Waals surface area contributed by atoms with Gasteiger partial charge in [-0.3, -0.25) is 0 Å². The zero-order chi connectivity index (χ0) is 12.3. The molecule has 17 heavy (non-hydrogen) atoms. The number of halogens is 3. The number of anilines is 1. The second-order valence-corrected chi connectivity index (χ2v) is 4.80. The van der Waals surface area contributed by atoms with E-state index in [9.17, 15) is 4.39 Å². The molecule has 0 saturated carbocycles. The molecule has 2 aromatic rings. The van der Waals surface area contributed by atoms with Crippen molar-refractivity contribution in [2.75, 3.05) is 5.32 Å². The van der Waals surface area contributed by atoms with Crippen molar-refractivity contribution in [1.82, 2.24) is 0 Å². The maximum absolute atomic E-state index is 13.5. The van der Waals surface area contributed by atoms with Gasteiger partial charge in [0.2, 0.25) is 0 Å². The molecule has 0 heterocycles. The van der Waals surface area contributed by atoms with Crippen molar-refractivity contribution in [3.05, 3.63) is 63.3 Å². The van der Waals surface area contributed by atoms with E-state index in [1.165, 1.54) is 6.07 Å². The van der Waals surface area contributed by atoms with Crippen LogP contribution in [0.5, 0.6) is 0 Å². The molecule has 0 saturated heterocycles. The van der Waals surface area contributed by atoms with Gasteiger partial charge in [-0.1, -0.05) is 29.8 Å². The molecule has 1 nitrogen and oxygen atoms in total. The molecule has 4 heteroatoms. The van der Waals surface area contributed by atoms with E-state index in [0.717, 1.165) is 10.2 Å². The molecule has 0 fully saturated rings. The number of nitrogens with one attached hydrogen (secondary N) is 1. The summed E-state index contributed by atoms with van der Waals surface area (Å²) in [5, 5.41) is 3.57. The summed E-state index contributed by atoms with van der Waals surface area (Å²) in [6.07, 6.45) is 0. The Kier molecular flexibility index (Phi) is 4.02. The van der Waals surface area contributed by atoms with Gasteiger partial charge in [-0.25, -0.2) is 4.39 Å². The number of hydrogen-bond acceptors (Lipinski definition) is 1. The number of benzene rings is 2. The van der Waals surface area contributed by atoms with Gasteiger partial charge in [-0.2, -0.15) is 0 Å². The molecular weight excluding hydrogens is 305 g/mol. The summed E-state index contributed by atoms with van der Waals surface area (Å²) in [6, 6.07) is 12.4. The molecule has 0 aliphatic carbocycles. The summed E-state index contributed by atoms with van der Waals surface area (Å²) in [4.78, 5) is 0.